The van der Waals surface area contributed by atoms with Gasteiger partial charge >= 0.3 is 5.97 Å². The van der Waals surface area contributed by atoms with Gasteiger partial charge in [0.2, 0.25) is 0 Å². The van der Waals surface area contributed by atoms with Gasteiger partial charge in [-0.05, 0) is 30.2 Å². The fraction of sp³-hybridized carbons (Fsp3) is 0.286. The SMILES string of the molecule is CN(CCCO)C(=O)c1cccc(/C=C/C(=O)O)c1. The molecule has 0 atom stereocenters. The number of nitrogens with zero attached hydrogens (tertiary/aromatic N) is 1. The van der Waals surface area contributed by atoms with Crippen molar-refractivity contribution >= 4 is 18.0 Å². The third-order valence-corrected chi connectivity index (χ3v) is 2.55. The molecule has 0 heterocycles. The molecule has 19 heavy (non-hydrogen) atoms. The summed E-state index contributed by atoms with van der Waals surface area (Å²) in [6.45, 7) is 0.517. The highest BCUT2D eigenvalue weighted by molar-refractivity contribution is 5.95. The second-order valence-corrected chi connectivity index (χ2v) is 4.10. The minimum atomic E-state index is -1.03. The lowest BCUT2D eigenvalue weighted by molar-refractivity contribution is -0.131. The van der Waals surface area contributed by atoms with Crippen molar-refractivity contribution in [1.29, 1.82) is 0 Å². The van der Waals surface area contributed by atoms with Crippen molar-refractivity contribution in [3.63, 3.8) is 0 Å². The molecule has 1 amide bonds. The van der Waals surface area contributed by atoms with Crippen molar-refractivity contribution in [2.24, 2.45) is 0 Å². The van der Waals surface area contributed by atoms with Crippen molar-refractivity contribution in [3.8, 4) is 0 Å². The Morgan fingerprint density at radius 3 is 2.74 bits per heavy atom. The Kier molecular flexibility index (Phi) is 5.75. The Morgan fingerprint density at radius 1 is 1.37 bits per heavy atom. The molecule has 0 radical (unpaired) electrons. The number of aliphatic carboxylic acids is 1. The minimum Gasteiger partial charge on any atom is -0.478 e. The van der Waals surface area contributed by atoms with Crippen LogP contribution in [0.5, 0.6) is 0 Å². The number of hydrogen-bond donors (Lipinski definition) is 2. The average Bonchev–Trinajstić information content (AvgIpc) is 2.42. The number of aliphatic hydroxyl groups excluding tert-OH is 1. The summed E-state index contributed by atoms with van der Waals surface area (Å²) in [5.74, 6) is -1.18. The van der Waals surface area contributed by atoms with E-state index in [-0.39, 0.29) is 12.5 Å². The molecule has 102 valence electrons. The summed E-state index contributed by atoms with van der Waals surface area (Å²) in [6.07, 6.45) is 2.99. The van der Waals surface area contributed by atoms with Crippen LogP contribution >= 0.6 is 0 Å². The van der Waals surface area contributed by atoms with Crippen LogP contribution in [0, 0.1) is 0 Å². The molecule has 0 fully saturated rings. The summed E-state index contributed by atoms with van der Waals surface area (Å²) < 4.78 is 0. The van der Waals surface area contributed by atoms with E-state index < -0.39 is 5.97 Å². The first-order valence-electron chi connectivity index (χ1n) is 5.92. The lowest BCUT2D eigenvalue weighted by Crippen LogP contribution is -2.28. The first-order chi connectivity index (χ1) is 9.04. The van der Waals surface area contributed by atoms with E-state index in [1.165, 1.54) is 11.0 Å². The number of amides is 1. The fourth-order valence-electron chi connectivity index (χ4n) is 1.57. The Hall–Kier alpha value is -2.14. The smallest absolute Gasteiger partial charge is 0.328 e. The lowest BCUT2D eigenvalue weighted by atomic mass is 10.1. The van der Waals surface area contributed by atoms with Crippen LogP contribution in [0.4, 0.5) is 0 Å². The molecule has 0 aromatic heterocycles. The van der Waals surface area contributed by atoms with E-state index in [9.17, 15) is 9.59 Å². The van der Waals surface area contributed by atoms with Crippen molar-refractivity contribution in [2.45, 2.75) is 6.42 Å². The van der Waals surface area contributed by atoms with Crippen molar-refractivity contribution in [3.05, 3.63) is 41.5 Å². The third kappa shape index (κ3) is 4.93. The molecule has 0 aliphatic rings. The van der Waals surface area contributed by atoms with E-state index >= 15 is 0 Å². The van der Waals surface area contributed by atoms with E-state index in [2.05, 4.69) is 0 Å². The van der Waals surface area contributed by atoms with Crippen LogP contribution in [0.25, 0.3) is 6.08 Å². The van der Waals surface area contributed by atoms with Crippen molar-refractivity contribution in [2.75, 3.05) is 20.2 Å². The zero-order valence-corrected chi connectivity index (χ0v) is 10.7. The molecule has 5 heteroatoms. The molecule has 0 saturated heterocycles. The highest BCUT2D eigenvalue weighted by atomic mass is 16.4. The molecule has 1 aromatic rings. The predicted octanol–water partition coefficient (Wildman–Crippen LogP) is 1.24. The van der Waals surface area contributed by atoms with Gasteiger partial charge in [0.1, 0.15) is 0 Å². The van der Waals surface area contributed by atoms with Crippen molar-refractivity contribution < 1.29 is 19.8 Å². The Labute approximate surface area is 111 Å². The zero-order chi connectivity index (χ0) is 14.3. The molecule has 1 aromatic carbocycles. The van der Waals surface area contributed by atoms with Gasteiger partial charge in [-0.1, -0.05) is 12.1 Å². The van der Waals surface area contributed by atoms with E-state index in [4.69, 9.17) is 10.2 Å². The number of carboxylic acids is 1. The fourth-order valence-corrected chi connectivity index (χ4v) is 1.57. The van der Waals surface area contributed by atoms with Crippen LogP contribution < -0.4 is 0 Å². The highest BCUT2D eigenvalue weighted by Gasteiger charge is 2.10. The Bertz CT molecular complexity index is 482. The summed E-state index contributed by atoms with van der Waals surface area (Å²) >= 11 is 0. The van der Waals surface area contributed by atoms with Crippen LogP contribution in [0.1, 0.15) is 22.3 Å². The number of carbonyl (C=O) groups excluding carboxylic acids is 1. The molecule has 0 unspecified atom stereocenters. The normalized spacial score (nSPS) is 10.6. The van der Waals surface area contributed by atoms with E-state index in [1.807, 2.05) is 0 Å². The topological polar surface area (TPSA) is 77.8 Å². The maximum atomic E-state index is 12.0. The molecule has 2 N–H and O–H groups in total. The monoisotopic (exact) mass is 263 g/mol. The number of aliphatic hydroxyl groups is 1. The van der Waals surface area contributed by atoms with E-state index in [1.54, 1.807) is 31.3 Å². The minimum absolute atomic E-state index is 0.0407. The summed E-state index contributed by atoms with van der Waals surface area (Å²) in [5, 5.41) is 17.3. The molecule has 5 nitrogen and oxygen atoms in total. The third-order valence-electron chi connectivity index (χ3n) is 2.55. The van der Waals surface area contributed by atoms with Gasteiger partial charge < -0.3 is 15.1 Å². The molecular weight excluding hydrogens is 246 g/mol. The van der Waals surface area contributed by atoms with E-state index in [0.717, 1.165) is 6.08 Å². The van der Waals surface area contributed by atoms with E-state index in [0.29, 0.717) is 24.1 Å². The van der Waals surface area contributed by atoms with Gasteiger partial charge in [0.15, 0.2) is 0 Å². The second kappa shape index (κ2) is 7.33. The van der Waals surface area contributed by atoms with Gasteiger partial charge in [0, 0.05) is 31.8 Å². The molecule has 0 spiro atoms. The van der Waals surface area contributed by atoms with Gasteiger partial charge in [-0.2, -0.15) is 0 Å². The highest BCUT2D eigenvalue weighted by Crippen LogP contribution is 2.09. The number of carboxylic acid groups (broad SMARTS) is 1. The Balaban J connectivity index is 2.80. The molecular formula is C14H17NO4. The number of carbonyl (C=O) groups is 2. The molecule has 0 aliphatic heterocycles. The first-order valence-corrected chi connectivity index (χ1v) is 5.92. The molecule has 0 saturated carbocycles. The predicted molar refractivity (Wildman–Crippen MR) is 71.8 cm³/mol. The van der Waals surface area contributed by atoms with Gasteiger partial charge in [-0.15, -0.1) is 0 Å². The zero-order valence-electron chi connectivity index (χ0n) is 10.7. The van der Waals surface area contributed by atoms with Gasteiger partial charge in [0.05, 0.1) is 0 Å². The number of rotatable bonds is 6. The van der Waals surface area contributed by atoms with Crippen molar-refractivity contribution in [1.82, 2.24) is 4.90 Å². The average molecular weight is 263 g/mol. The summed E-state index contributed by atoms with van der Waals surface area (Å²) in [4.78, 5) is 24.0. The molecule has 1 rings (SSSR count). The van der Waals surface area contributed by atoms with Crippen LogP contribution in [-0.4, -0.2) is 47.2 Å². The van der Waals surface area contributed by atoms with Gasteiger partial charge in [-0.25, -0.2) is 4.79 Å². The number of benzene rings is 1. The van der Waals surface area contributed by atoms with Crippen LogP contribution in [0.15, 0.2) is 30.3 Å². The second-order valence-electron chi connectivity index (χ2n) is 4.10. The summed E-state index contributed by atoms with van der Waals surface area (Å²) in [6, 6.07) is 6.74. The largest absolute Gasteiger partial charge is 0.478 e. The first kappa shape index (κ1) is 14.9. The maximum Gasteiger partial charge on any atom is 0.328 e. The molecule has 0 bridgehead atoms. The maximum absolute atomic E-state index is 12.0. The Morgan fingerprint density at radius 2 is 2.11 bits per heavy atom. The van der Waals surface area contributed by atoms with Crippen LogP contribution in [0.3, 0.4) is 0 Å². The quantitative estimate of drug-likeness (QED) is 0.757. The summed E-state index contributed by atoms with van der Waals surface area (Å²) in [7, 11) is 1.66. The molecule has 0 aliphatic carbocycles. The lowest BCUT2D eigenvalue weighted by Gasteiger charge is -2.16. The van der Waals surface area contributed by atoms with Crippen LogP contribution in [0.2, 0.25) is 0 Å². The number of hydrogen-bond acceptors (Lipinski definition) is 3. The van der Waals surface area contributed by atoms with Gasteiger partial charge in [-0.3, -0.25) is 4.79 Å². The van der Waals surface area contributed by atoms with Gasteiger partial charge in [0.25, 0.3) is 5.91 Å². The standard InChI is InChI=1S/C14H17NO4/c1-15(8-3-9-16)14(19)12-5-2-4-11(10-12)6-7-13(17)18/h2,4-7,10,16H,3,8-9H2,1H3,(H,17,18)/b7-6+. The van der Waals surface area contributed by atoms with Crippen LogP contribution in [-0.2, 0) is 4.79 Å². The summed E-state index contributed by atoms with van der Waals surface area (Å²) in [5.41, 5.74) is 1.15.